The number of hydrogen-bond donors (Lipinski definition) is 0. The summed E-state index contributed by atoms with van der Waals surface area (Å²) < 4.78 is 11.0. The van der Waals surface area contributed by atoms with Crippen molar-refractivity contribution in [3.63, 3.8) is 0 Å². The van der Waals surface area contributed by atoms with Crippen molar-refractivity contribution in [2.45, 2.75) is 46.6 Å². The number of carbonyl (C=O) groups excluding carboxylic acids is 1. The number of carbonyl (C=O) groups is 1. The first kappa shape index (κ1) is 17.5. The SMILES string of the molecule is Cc1noc(C)c1COc1cccc(C(=O)N2CCC[C@H](C)CC2)c1. The number of aromatic nitrogens is 1. The van der Waals surface area contributed by atoms with Crippen LogP contribution in [0.2, 0.25) is 0 Å². The summed E-state index contributed by atoms with van der Waals surface area (Å²) in [5.41, 5.74) is 2.48. The van der Waals surface area contributed by atoms with E-state index < -0.39 is 0 Å². The first-order valence-corrected chi connectivity index (χ1v) is 8.98. The Bertz CT molecular complexity index is 719. The van der Waals surface area contributed by atoms with Crippen molar-refractivity contribution in [1.29, 1.82) is 0 Å². The van der Waals surface area contributed by atoms with E-state index >= 15 is 0 Å². The van der Waals surface area contributed by atoms with E-state index in [2.05, 4.69) is 12.1 Å². The van der Waals surface area contributed by atoms with E-state index in [0.717, 1.165) is 42.9 Å². The lowest BCUT2D eigenvalue weighted by Crippen LogP contribution is -2.31. The molecule has 3 rings (SSSR count). The van der Waals surface area contributed by atoms with E-state index in [1.165, 1.54) is 6.42 Å². The van der Waals surface area contributed by atoms with Crippen molar-refractivity contribution in [3.8, 4) is 5.75 Å². The van der Waals surface area contributed by atoms with Crippen LogP contribution in [0.3, 0.4) is 0 Å². The molecule has 0 radical (unpaired) electrons. The minimum Gasteiger partial charge on any atom is -0.489 e. The molecule has 0 saturated carbocycles. The minimum absolute atomic E-state index is 0.0943. The molecular weight excluding hydrogens is 316 g/mol. The number of amides is 1. The van der Waals surface area contributed by atoms with Gasteiger partial charge in [0.25, 0.3) is 5.91 Å². The van der Waals surface area contributed by atoms with E-state index in [1.54, 1.807) is 0 Å². The topological polar surface area (TPSA) is 55.6 Å². The Hall–Kier alpha value is -2.30. The Kier molecular flexibility index (Phi) is 5.41. The molecule has 0 N–H and O–H groups in total. The summed E-state index contributed by atoms with van der Waals surface area (Å²) in [6, 6.07) is 7.43. The molecule has 134 valence electrons. The molecule has 0 spiro atoms. The monoisotopic (exact) mass is 342 g/mol. The third-order valence-electron chi connectivity index (χ3n) is 4.95. The lowest BCUT2D eigenvalue weighted by atomic mass is 10.0. The summed E-state index contributed by atoms with van der Waals surface area (Å²) in [5, 5.41) is 3.93. The lowest BCUT2D eigenvalue weighted by Gasteiger charge is -2.20. The predicted molar refractivity (Wildman–Crippen MR) is 95.7 cm³/mol. The van der Waals surface area contributed by atoms with Gasteiger partial charge in [-0.25, -0.2) is 0 Å². The van der Waals surface area contributed by atoms with Gasteiger partial charge in [-0.15, -0.1) is 0 Å². The molecule has 1 amide bonds. The fourth-order valence-corrected chi connectivity index (χ4v) is 3.23. The number of ether oxygens (including phenoxy) is 1. The second kappa shape index (κ2) is 7.72. The summed E-state index contributed by atoms with van der Waals surface area (Å²) in [6.07, 6.45) is 3.35. The van der Waals surface area contributed by atoms with Crippen LogP contribution in [0.15, 0.2) is 28.8 Å². The van der Waals surface area contributed by atoms with Crippen LogP contribution in [0.5, 0.6) is 5.75 Å². The summed E-state index contributed by atoms with van der Waals surface area (Å²) in [7, 11) is 0. The zero-order valence-corrected chi connectivity index (χ0v) is 15.2. The Morgan fingerprint density at radius 3 is 2.92 bits per heavy atom. The highest BCUT2D eigenvalue weighted by Gasteiger charge is 2.20. The molecule has 1 atom stereocenters. The van der Waals surface area contributed by atoms with Crippen LogP contribution in [0.1, 0.15) is 53.6 Å². The summed E-state index contributed by atoms with van der Waals surface area (Å²) in [4.78, 5) is 14.8. The molecule has 5 nitrogen and oxygen atoms in total. The van der Waals surface area contributed by atoms with E-state index in [4.69, 9.17) is 9.26 Å². The second-order valence-corrected chi connectivity index (χ2v) is 6.95. The normalized spacial score (nSPS) is 18.0. The molecule has 0 aliphatic carbocycles. The van der Waals surface area contributed by atoms with Gasteiger partial charge in [0.1, 0.15) is 18.1 Å². The van der Waals surface area contributed by atoms with Gasteiger partial charge in [0.2, 0.25) is 0 Å². The Morgan fingerprint density at radius 2 is 2.16 bits per heavy atom. The van der Waals surface area contributed by atoms with Crippen LogP contribution in [-0.2, 0) is 6.61 Å². The second-order valence-electron chi connectivity index (χ2n) is 6.95. The highest BCUT2D eigenvalue weighted by atomic mass is 16.5. The summed E-state index contributed by atoms with van der Waals surface area (Å²) in [6.45, 7) is 8.10. The van der Waals surface area contributed by atoms with Crippen molar-refractivity contribution in [1.82, 2.24) is 10.1 Å². The van der Waals surface area contributed by atoms with E-state index in [9.17, 15) is 4.79 Å². The smallest absolute Gasteiger partial charge is 0.253 e. The molecule has 0 bridgehead atoms. The Labute approximate surface area is 148 Å². The third-order valence-corrected chi connectivity index (χ3v) is 4.95. The maximum atomic E-state index is 12.8. The number of aryl methyl sites for hydroxylation is 2. The van der Waals surface area contributed by atoms with E-state index in [-0.39, 0.29) is 5.91 Å². The van der Waals surface area contributed by atoms with E-state index in [0.29, 0.717) is 23.8 Å². The van der Waals surface area contributed by atoms with Crippen LogP contribution in [0.25, 0.3) is 0 Å². The molecule has 1 saturated heterocycles. The number of hydrogen-bond acceptors (Lipinski definition) is 4. The maximum Gasteiger partial charge on any atom is 0.253 e. The van der Waals surface area contributed by atoms with Gasteiger partial charge >= 0.3 is 0 Å². The van der Waals surface area contributed by atoms with Gasteiger partial charge < -0.3 is 14.2 Å². The van der Waals surface area contributed by atoms with Crippen LogP contribution >= 0.6 is 0 Å². The van der Waals surface area contributed by atoms with Gasteiger partial charge in [0.05, 0.1) is 11.3 Å². The van der Waals surface area contributed by atoms with E-state index in [1.807, 2.05) is 43.0 Å². The standard InChI is InChI=1S/C20H26N2O3/c1-14-6-5-10-22(11-9-14)20(23)17-7-4-8-18(12-17)24-13-19-15(2)21-25-16(19)3/h4,7-8,12,14H,5-6,9-11,13H2,1-3H3/t14-/m0/s1. The molecule has 5 heteroatoms. The lowest BCUT2D eigenvalue weighted by molar-refractivity contribution is 0.0760. The maximum absolute atomic E-state index is 12.8. The molecule has 25 heavy (non-hydrogen) atoms. The minimum atomic E-state index is 0.0943. The number of benzene rings is 1. The summed E-state index contributed by atoms with van der Waals surface area (Å²) in [5.74, 6) is 2.25. The number of likely N-dealkylation sites (tertiary alicyclic amines) is 1. The predicted octanol–water partition coefficient (Wildman–Crippen LogP) is 4.13. The third kappa shape index (κ3) is 4.21. The van der Waals surface area contributed by atoms with Gasteiger partial charge in [-0.05, 0) is 57.2 Å². The highest BCUT2D eigenvalue weighted by molar-refractivity contribution is 5.94. The highest BCUT2D eigenvalue weighted by Crippen LogP contribution is 2.21. The van der Waals surface area contributed by atoms with Crippen LogP contribution in [0, 0.1) is 19.8 Å². The molecule has 2 aromatic rings. The molecule has 0 unspecified atom stereocenters. The quantitative estimate of drug-likeness (QED) is 0.838. The molecule has 1 aromatic carbocycles. The van der Waals surface area contributed by atoms with Crippen LogP contribution < -0.4 is 4.74 Å². The number of rotatable bonds is 4. The molecule has 1 aromatic heterocycles. The molecule has 1 aliphatic heterocycles. The molecule has 1 fully saturated rings. The Morgan fingerprint density at radius 1 is 1.32 bits per heavy atom. The van der Waals surface area contributed by atoms with Crippen LogP contribution in [-0.4, -0.2) is 29.1 Å². The zero-order valence-electron chi connectivity index (χ0n) is 15.2. The van der Waals surface area contributed by atoms with Crippen molar-refractivity contribution < 1.29 is 14.1 Å². The molecular formula is C20H26N2O3. The zero-order chi connectivity index (χ0) is 17.8. The molecule has 1 aliphatic rings. The van der Waals surface area contributed by atoms with Gasteiger partial charge in [0.15, 0.2) is 0 Å². The average molecular weight is 342 g/mol. The van der Waals surface area contributed by atoms with Crippen molar-refractivity contribution in [3.05, 3.63) is 46.8 Å². The van der Waals surface area contributed by atoms with Crippen LogP contribution in [0.4, 0.5) is 0 Å². The first-order valence-electron chi connectivity index (χ1n) is 8.98. The first-order chi connectivity index (χ1) is 12.0. The number of nitrogens with zero attached hydrogens (tertiary/aromatic N) is 2. The van der Waals surface area contributed by atoms with Crippen molar-refractivity contribution in [2.75, 3.05) is 13.1 Å². The van der Waals surface area contributed by atoms with Gasteiger partial charge in [0, 0.05) is 18.7 Å². The van der Waals surface area contributed by atoms with Gasteiger partial charge in [-0.1, -0.05) is 18.1 Å². The fraction of sp³-hybridized carbons (Fsp3) is 0.500. The van der Waals surface area contributed by atoms with Crippen molar-refractivity contribution >= 4 is 5.91 Å². The van der Waals surface area contributed by atoms with Gasteiger partial charge in [-0.2, -0.15) is 0 Å². The average Bonchev–Trinajstić information content (AvgIpc) is 2.80. The summed E-state index contributed by atoms with van der Waals surface area (Å²) >= 11 is 0. The largest absolute Gasteiger partial charge is 0.489 e. The fourth-order valence-electron chi connectivity index (χ4n) is 3.23. The molecule has 2 heterocycles. The van der Waals surface area contributed by atoms with Gasteiger partial charge in [-0.3, -0.25) is 4.79 Å². The Balaban J connectivity index is 1.67. The van der Waals surface area contributed by atoms with Crippen molar-refractivity contribution in [2.24, 2.45) is 5.92 Å².